The lowest BCUT2D eigenvalue weighted by Gasteiger charge is -2.11. The van der Waals surface area contributed by atoms with Gasteiger partial charge in [0, 0.05) is 18.7 Å². The van der Waals surface area contributed by atoms with Gasteiger partial charge in [0.15, 0.2) is 0 Å². The first-order chi connectivity index (χ1) is 17.0. The molecule has 1 atom stereocenters. The van der Waals surface area contributed by atoms with Crippen molar-refractivity contribution in [1.29, 1.82) is 0 Å². The van der Waals surface area contributed by atoms with E-state index in [0.717, 1.165) is 31.0 Å². The predicted octanol–water partition coefficient (Wildman–Crippen LogP) is 3.50. The van der Waals surface area contributed by atoms with Crippen LogP contribution >= 0.6 is 0 Å². The normalized spacial score (nSPS) is 12.1. The van der Waals surface area contributed by atoms with E-state index in [-0.39, 0.29) is 40.5 Å². The number of hydrogen-bond acceptors (Lipinski definition) is 7. The third-order valence-electron chi connectivity index (χ3n) is 5.48. The largest absolute Gasteiger partial charge is 0.461 e. The van der Waals surface area contributed by atoms with Crippen molar-refractivity contribution in [2.75, 3.05) is 13.2 Å². The van der Waals surface area contributed by atoms with Crippen LogP contribution in [0.25, 0.3) is 0 Å². The van der Waals surface area contributed by atoms with Gasteiger partial charge in [-0.05, 0) is 48.6 Å². The van der Waals surface area contributed by atoms with Gasteiger partial charge < -0.3 is 10.1 Å². The maximum absolute atomic E-state index is 12.6. The SMILES string of the molecule is CCCCC(C)COC(=O)c1ccc(C(=O)NS(=O)(=O)c2ccc(CCNC(=O)C(C)C)cc2)cn1. The van der Waals surface area contributed by atoms with Crippen molar-refractivity contribution >= 4 is 27.8 Å². The number of rotatable bonds is 13. The van der Waals surface area contributed by atoms with E-state index in [1.54, 1.807) is 26.0 Å². The summed E-state index contributed by atoms with van der Waals surface area (Å²) in [6.07, 6.45) is 4.78. The van der Waals surface area contributed by atoms with Gasteiger partial charge in [-0.1, -0.05) is 52.7 Å². The van der Waals surface area contributed by atoms with Gasteiger partial charge in [0.1, 0.15) is 5.69 Å². The minimum Gasteiger partial charge on any atom is -0.461 e. The first-order valence-corrected chi connectivity index (χ1v) is 13.6. The first-order valence-electron chi connectivity index (χ1n) is 12.1. The van der Waals surface area contributed by atoms with E-state index in [1.165, 1.54) is 24.3 Å². The number of aromatic nitrogens is 1. The van der Waals surface area contributed by atoms with Crippen molar-refractivity contribution in [3.63, 3.8) is 0 Å². The van der Waals surface area contributed by atoms with Crippen molar-refractivity contribution in [3.05, 3.63) is 59.4 Å². The highest BCUT2D eigenvalue weighted by molar-refractivity contribution is 7.90. The van der Waals surface area contributed by atoms with Crippen molar-refractivity contribution in [2.24, 2.45) is 11.8 Å². The van der Waals surface area contributed by atoms with Gasteiger partial charge in [-0.2, -0.15) is 0 Å². The molecular weight excluding hydrogens is 482 g/mol. The smallest absolute Gasteiger partial charge is 0.356 e. The number of hydrogen-bond donors (Lipinski definition) is 2. The van der Waals surface area contributed by atoms with Gasteiger partial charge in [-0.15, -0.1) is 0 Å². The Morgan fingerprint density at radius 1 is 1.03 bits per heavy atom. The predicted molar refractivity (Wildman–Crippen MR) is 136 cm³/mol. The monoisotopic (exact) mass is 517 g/mol. The van der Waals surface area contributed by atoms with E-state index in [1.807, 2.05) is 11.6 Å². The Labute approximate surface area is 213 Å². The van der Waals surface area contributed by atoms with Crippen LogP contribution in [0.15, 0.2) is 47.5 Å². The topological polar surface area (TPSA) is 132 Å². The van der Waals surface area contributed by atoms with Gasteiger partial charge in [0.05, 0.1) is 17.1 Å². The second kappa shape index (κ2) is 13.7. The summed E-state index contributed by atoms with van der Waals surface area (Å²) in [6, 6.07) is 8.70. The van der Waals surface area contributed by atoms with Crippen LogP contribution in [0.3, 0.4) is 0 Å². The molecule has 0 aliphatic rings. The highest BCUT2D eigenvalue weighted by Gasteiger charge is 2.20. The van der Waals surface area contributed by atoms with Crippen molar-refractivity contribution < 1.29 is 27.5 Å². The number of unbranched alkanes of at least 4 members (excludes halogenated alkanes) is 1. The molecule has 196 valence electrons. The van der Waals surface area contributed by atoms with E-state index >= 15 is 0 Å². The summed E-state index contributed by atoms with van der Waals surface area (Å²) in [7, 11) is -4.11. The fourth-order valence-corrected chi connectivity index (χ4v) is 4.16. The van der Waals surface area contributed by atoms with Crippen molar-refractivity contribution in [1.82, 2.24) is 15.0 Å². The Morgan fingerprint density at radius 3 is 2.31 bits per heavy atom. The van der Waals surface area contributed by atoms with Gasteiger partial charge in [0.25, 0.3) is 15.9 Å². The Balaban J connectivity index is 1.92. The molecule has 0 aliphatic carbocycles. The molecule has 0 fully saturated rings. The van der Waals surface area contributed by atoms with E-state index in [4.69, 9.17) is 4.74 Å². The Bertz CT molecular complexity index is 1130. The molecule has 0 saturated carbocycles. The molecule has 2 aromatic rings. The van der Waals surface area contributed by atoms with Crippen LogP contribution in [0.1, 0.15) is 73.4 Å². The Morgan fingerprint density at radius 2 is 1.72 bits per heavy atom. The van der Waals surface area contributed by atoms with Crippen LogP contribution < -0.4 is 10.0 Å². The summed E-state index contributed by atoms with van der Waals surface area (Å²) in [5.41, 5.74) is 0.872. The number of amides is 2. The second-order valence-electron chi connectivity index (χ2n) is 9.05. The third-order valence-corrected chi connectivity index (χ3v) is 6.83. The van der Waals surface area contributed by atoms with Gasteiger partial charge >= 0.3 is 5.97 Å². The lowest BCUT2D eigenvalue weighted by molar-refractivity contribution is -0.123. The molecule has 10 heteroatoms. The van der Waals surface area contributed by atoms with Gasteiger partial charge in [-0.3, -0.25) is 9.59 Å². The molecule has 9 nitrogen and oxygen atoms in total. The number of sulfonamides is 1. The average Bonchev–Trinajstić information content (AvgIpc) is 2.86. The van der Waals surface area contributed by atoms with E-state index in [0.29, 0.717) is 13.0 Å². The molecule has 0 radical (unpaired) electrons. The minimum absolute atomic E-state index is 0.0102. The molecule has 2 N–H and O–H groups in total. The molecule has 0 aliphatic heterocycles. The summed E-state index contributed by atoms with van der Waals surface area (Å²) >= 11 is 0. The van der Waals surface area contributed by atoms with E-state index in [9.17, 15) is 22.8 Å². The molecular formula is C26H35N3O6S. The van der Waals surface area contributed by atoms with Crippen LogP contribution in [-0.4, -0.2) is 44.3 Å². The fraction of sp³-hybridized carbons (Fsp3) is 0.462. The van der Waals surface area contributed by atoms with Crippen LogP contribution in [0.2, 0.25) is 0 Å². The summed E-state index contributed by atoms with van der Waals surface area (Å²) in [5, 5.41) is 2.80. The maximum atomic E-state index is 12.6. The van der Waals surface area contributed by atoms with E-state index in [2.05, 4.69) is 17.2 Å². The molecule has 2 rings (SSSR count). The molecule has 1 unspecified atom stereocenters. The molecule has 1 heterocycles. The molecule has 36 heavy (non-hydrogen) atoms. The minimum atomic E-state index is -4.11. The zero-order valence-corrected chi connectivity index (χ0v) is 22.1. The lowest BCUT2D eigenvalue weighted by Crippen LogP contribution is -2.31. The number of benzene rings is 1. The maximum Gasteiger partial charge on any atom is 0.356 e. The number of nitrogens with one attached hydrogen (secondary N) is 2. The number of carbonyl (C=O) groups is 3. The first kappa shape index (κ1) is 29.0. The standard InChI is InChI=1S/C26H35N3O6S/c1-5-6-7-19(4)17-35-26(32)23-13-10-21(16-28-23)25(31)29-36(33,34)22-11-8-20(9-12-22)14-15-27-24(30)18(2)3/h8-13,16,18-19H,5-7,14-15,17H2,1-4H3,(H,27,30)(H,29,31). The zero-order chi connectivity index (χ0) is 26.7. The quantitative estimate of drug-likeness (QED) is 0.389. The molecule has 0 spiro atoms. The van der Waals surface area contributed by atoms with Crippen LogP contribution in [0.4, 0.5) is 0 Å². The molecule has 2 amide bonds. The number of nitrogens with zero attached hydrogens (tertiary/aromatic N) is 1. The van der Waals surface area contributed by atoms with Crippen LogP contribution in [-0.2, 0) is 26.0 Å². The summed E-state index contributed by atoms with van der Waals surface area (Å²) in [6.45, 7) is 8.43. The summed E-state index contributed by atoms with van der Waals surface area (Å²) < 4.78 is 32.5. The Kier molecular flexibility index (Phi) is 11.0. The average molecular weight is 518 g/mol. The zero-order valence-electron chi connectivity index (χ0n) is 21.2. The van der Waals surface area contributed by atoms with Crippen molar-refractivity contribution in [3.8, 4) is 0 Å². The molecule has 1 aromatic heterocycles. The molecule has 0 bridgehead atoms. The number of carbonyl (C=O) groups excluding carboxylic acids is 3. The van der Waals surface area contributed by atoms with Crippen molar-refractivity contribution in [2.45, 2.75) is 58.3 Å². The summed E-state index contributed by atoms with van der Waals surface area (Å²) in [4.78, 5) is 40.1. The van der Waals surface area contributed by atoms with Gasteiger partial charge in [-0.25, -0.2) is 22.9 Å². The van der Waals surface area contributed by atoms with Crippen LogP contribution in [0.5, 0.6) is 0 Å². The van der Waals surface area contributed by atoms with Crippen LogP contribution in [0, 0.1) is 11.8 Å². The van der Waals surface area contributed by atoms with Gasteiger partial charge in [0.2, 0.25) is 5.91 Å². The molecule has 1 aromatic carbocycles. The third kappa shape index (κ3) is 9.07. The number of ether oxygens (including phenoxy) is 1. The fourth-order valence-electron chi connectivity index (χ4n) is 3.19. The highest BCUT2D eigenvalue weighted by atomic mass is 32.2. The lowest BCUT2D eigenvalue weighted by atomic mass is 10.1. The highest BCUT2D eigenvalue weighted by Crippen LogP contribution is 2.13. The molecule has 0 saturated heterocycles. The Hall–Kier alpha value is -3.27. The van der Waals surface area contributed by atoms with E-state index < -0.39 is 21.9 Å². The number of esters is 1. The second-order valence-corrected chi connectivity index (χ2v) is 10.7. The number of pyridine rings is 1. The summed E-state index contributed by atoms with van der Waals surface area (Å²) in [5.74, 6) is -1.37.